The van der Waals surface area contributed by atoms with E-state index in [1.54, 1.807) is 24.2 Å². The number of amides is 1. The molecule has 1 amide bonds. The fraction of sp³-hybridized carbons (Fsp3) is 0.150. The number of nitrogens with zero attached hydrogens (tertiary/aromatic N) is 1. The summed E-state index contributed by atoms with van der Waals surface area (Å²) >= 11 is 0. The summed E-state index contributed by atoms with van der Waals surface area (Å²) in [5.41, 5.74) is 2.25. The highest BCUT2D eigenvalue weighted by Crippen LogP contribution is 2.31. The largest absolute Gasteiger partial charge is 0.491 e. The lowest BCUT2D eigenvalue weighted by molar-refractivity contribution is -0.124. The third-order valence-corrected chi connectivity index (χ3v) is 3.78. The molecule has 0 spiro atoms. The molecule has 1 heterocycles. The predicted octanol–water partition coefficient (Wildman–Crippen LogP) is 4.20. The van der Waals surface area contributed by atoms with Crippen LogP contribution in [-0.2, 0) is 16.1 Å². The molecule has 1 aliphatic heterocycles. The van der Waals surface area contributed by atoms with Gasteiger partial charge in [0.05, 0.1) is 12.1 Å². The van der Waals surface area contributed by atoms with Crippen LogP contribution in [0.25, 0.3) is 0 Å². The first-order chi connectivity index (χ1) is 11.2. The first-order valence-corrected chi connectivity index (χ1v) is 7.64. The molecule has 0 fully saturated rings. The zero-order valence-corrected chi connectivity index (χ0v) is 13.1. The van der Waals surface area contributed by atoms with Crippen molar-refractivity contribution >= 4 is 5.91 Å². The summed E-state index contributed by atoms with van der Waals surface area (Å²) in [7, 11) is 0. The summed E-state index contributed by atoms with van der Waals surface area (Å²) in [6, 6.07) is 20.2. The first-order valence-electron chi connectivity index (χ1n) is 7.64. The van der Waals surface area contributed by atoms with Gasteiger partial charge < -0.3 is 4.74 Å². The molecule has 2 aromatic rings. The van der Waals surface area contributed by atoms with Crippen LogP contribution >= 0.6 is 0 Å². The molecular formula is C20H19NO2. The smallest absolute Gasteiger partial charge is 0.227 e. The normalized spacial score (nSPS) is 16.8. The van der Waals surface area contributed by atoms with Crippen molar-refractivity contribution in [1.82, 2.24) is 4.90 Å². The van der Waals surface area contributed by atoms with Gasteiger partial charge in [0, 0.05) is 13.1 Å². The van der Waals surface area contributed by atoms with Gasteiger partial charge >= 0.3 is 0 Å². The van der Waals surface area contributed by atoms with Gasteiger partial charge in [-0.25, -0.2) is 0 Å². The molecule has 3 heteroatoms. The van der Waals surface area contributed by atoms with E-state index in [1.807, 2.05) is 54.6 Å². The van der Waals surface area contributed by atoms with Gasteiger partial charge in [-0.2, -0.15) is 0 Å². The van der Waals surface area contributed by atoms with Gasteiger partial charge in [0.1, 0.15) is 12.4 Å². The molecule has 0 N–H and O–H groups in total. The lowest BCUT2D eigenvalue weighted by Crippen LogP contribution is -2.22. The molecule has 3 nitrogen and oxygen atoms in total. The number of carbonyl (C=O) groups is 1. The van der Waals surface area contributed by atoms with Crippen LogP contribution in [0.3, 0.4) is 0 Å². The number of carbonyl (C=O) groups excluding carboxylic acids is 1. The van der Waals surface area contributed by atoms with Crippen LogP contribution in [0.15, 0.2) is 84.9 Å². The summed E-state index contributed by atoms with van der Waals surface area (Å²) in [6.07, 6.45) is 5.58. The van der Waals surface area contributed by atoms with Crippen molar-refractivity contribution in [2.24, 2.45) is 0 Å². The number of ether oxygens (including phenoxy) is 1. The van der Waals surface area contributed by atoms with Crippen molar-refractivity contribution in [1.29, 1.82) is 0 Å². The van der Waals surface area contributed by atoms with E-state index in [9.17, 15) is 4.79 Å². The van der Waals surface area contributed by atoms with E-state index >= 15 is 0 Å². The van der Waals surface area contributed by atoms with E-state index in [-0.39, 0.29) is 11.8 Å². The second-order valence-electron chi connectivity index (χ2n) is 5.46. The summed E-state index contributed by atoms with van der Waals surface area (Å²) in [4.78, 5) is 13.2. The minimum absolute atomic E-state index is 0.0236. The van der Waals surface area contributed by atoms with Gasteiger partial charge in [0.25, 0.3) is 0 Å². The highest BCUT2D eigenvalue weighted by atomic mass is 16.5. The number of benzene rings is 2. The van der Waals surface area contributed by atoms with Crippen LogP contribution in [0.5, 0.6) is 0 Å². The Balaban J connectivity index is 1.82. The zero-order chi connectivity index (χ0) is 16.1. The quantitative estimate of drug-likeness (QED) is 0.847. The van der Waals surface area contributed by atoms with Crippen LogP contribution in [0, 0.1) is 0 Å². The van der Waals surface area contributed by atoms with Crippen LogP contribution in [0.2, 0.25) is 0 Å². The van der Waals surface area contributed by atoms with Crippen LogP contribution in [0.1, 0.15) is 24.0 Å². The molecule has 0 aromatic heterocycles. The molecule has 1 unspecified atom stereocenters. The molecule has 3 rings (SSSR count). The number of allylic oxidation sites excluding steroid dienone is 1. The molecular weight excluding hydrogens is 286 g/mol. The van der Waals surface area contributed by atoms with Gasteiger partial charge in [-0.1, -0.05) is 66.7 Å². The summed E-state index contributed by atoms with van der Waals surface area (Å²) < 4.78 is 6.03. The topological polar surface area (TPSA) is 29.5 Å². The van der Waals surface area contributed by atoms with Crippen LogP contribution in [-0.4, -0.2) is 10.8 Å². The molecule has 1 atom stereocenters. The van der Waals surface area contributed by atoms with E-state index in [4.69, 9.17) is 4.74 Å². The average Bonchev–Trinajstić information content (AvgIpc) is 2.61. The standard InChI is InChI=1S/C20H19NO2/c1-16(22)21-13-12-19(18-10-6-3-7-11-18)20(14-21)23-15-17-8-4-2-5-9-17/h2-14,19H,15H2,1H3. The fourth-order valence-corrected chi connectivity index (χ4v) is 2.53. The Hall–Kier alpha value is -2.81. The first kappa shape index (κ1) is 15.1. The Bertz CT molecular complexity index is 720. The number of rotatable bonds is 4. The molecule has 0 saturated carbocycles. The van der Waals surface area contributed by atoms with Gasteiger partial charge in [-0.15, -0.1) is 0 Å². The van der Waals surface area contributed by atoms with Crippen LogP contribution in [0.4, 0.5) is 0 Å². The molecule has 1 aliphatic rings. The lowest BCUT2D eigenvalue weighted by atomic mass is 9.95. The van der Waals surface area contributed by atoms with E-state index in [0.717, 1.165) is 16.9 Å². The minimum atomic E-state index is -0.0337. The minimum Gasteiger partial charge on any atom is -0.491 e. The van der Waals surface area contributed by atoms with Crippen molar-refractivity contribution in [3.63, 3.8) is 0 Å². The molecule has 116 valence electrons. The van der Waals surface area contributed by atoms with Crippen molar-refractivity contribution in [3.8, 4) is 0 Å². The maximum absolute atomic E-state index is 11.6. The zero-order valence-electron chi connectivity index (χ0n) is 13.1. The maximum atomic E-state index is 11.6. The SMILES string of the molecule is CC(=O)N1C=CC(c2ccccc2)C(OCc2ccccc2)=C1. The Morgan fingerprint density at radius 3 is 2.35 bits per heavy atom. The highest BCUT2D eigenvalue weighted by Gasteiger charge is 2.21. The summed E-state index contributed by atoms with van der Waals surface area (Å²) in [5, 5.41) is 0. The molecule has 0 aliphatic carbocycles. The van der Waals surface area contributed by atoms with Crippen molar-refractivity contribution in [2.45, 2.75) is 19.4 Å². The highest BCUT2D eigenvalue weighted by molar-refractivity contribution is 5.76. The molecule has 0 bridgehead atoms. The van der Waals surface area contributed by atoms with E-state index in [1.165, 1.54) is 0 Å². The number of hydrogen-bond acceptors (Lipinski definition) is 2. The maximum Gasteiger partial charge on any atom is 0.227 e. The van der Waals surface area contributed by atoms with E-state index in [0.29, 0.717) is 6.61 Å². The summed E-state index contributed by atoms with van der Waals surface area (Å²) in [6.45, 7) is 2.02. The lowest BCUT2D eigenvalue weighted by Gasteiger charge is -2.25. The Morgan fingerprint density at radius 1 is 1.04 bits per heavy atom. The van der Waals surface area contributed by atoms with Crippen LogP contribution < -0.4 is 0 Å². The van der Waals surface area contributed by atoms with Gasteiger partial charge in [0.15, 0.2) is 0 Å². The predicted molar refractivity (Wildman–Crippen MR) is 90.2 cm³/mol. The Kier molecular flexibility index (Phi) is 4.57. The summed E-state index contributed by atoms with van der Waals surface area (Å²) in [5.74, 6) is 0.766. The third kappa shape index (κ3) is 3.69. The Labute approximate surface area is 136 Å². The molecule has 0 radical (unpaired) electrons. The van der Waals surface area contributed by atoms with E-state index in [2.05, 4.69) is 12.1 Å². The van der Waals surface area contributed by atoms with Crippen molar-refractivity contribution in [3.05, 3.63) is 96.0 Å². The van der Waals surface area contributed by atoms with Gasteiger partial charge in [-0.05, 0) is 11.1 Å². The third-order valence-electron chi connectivity index (χ3n) is 3.78. The number of hydrogen-bond donors (Lipinski definition) is 0. The molecule has 0 saturated heterocycles. The van der Waals surface area contributed by atoms with Gasteiger partial charge in [0.2, 0.25) is 5.91 Å². The second-order valence-corrected chi connectivity index (χ2v) is 5.46. The monoisotopic (exact) mass is 305 g/mol. The second kappa shape index (κ2) is 6.97. The fourth-order valence-electron chi connectivity index (χ4n) is 2.53. The molecule has 23 heavy (non-hydrogen) atoms. The molecule has 2 aromatic carbocycles. The van der Waals surface area contributed by atoms with Gasteiger partial charge in [-0.3, -0.25) is 9.69 Å². The average molecular weight is 305 g/mol. The Morgan fingerprint density at radius 2 is 1.70 bits per heavy atom. The van der Waals surface area contributed by atoms with Crippen molar-refractivity contribution < 1.29 is 9.53 Å². The van der Waals surface area contributed by atoms with Crippen molar-refractivity contribution in [2.75, 3.05) is 0 Å². The van der Waals surface area contributed by atoms with E-state index < -0.39 is 0 Å².